The van der Waals surface area contributed by atoms with Crippen molar-refractivity contribution in [2.24, 2.45) is 5.92 Å². The minimum atomic E-state index is -0.334. The van der Waals surface area contributed by atoms with Gasteiger partial charge >= 0.3 is 0 Å². The van der Waals surface area contributed by atoms with Crippen LogP contribution in [0.4, 0.5) is 5.13 Å². The molecule has 3 N–H and O–H groups in total. The highest BCUT2D eigenvalue weighted by atomic mass is 32.1. The Morgan fingerprint density at radius 2 is 2.00 bits per heavy atom. The van der Waals surface area contributed by atoms with Crippen LogP contribution in [-0.4, -0.2) is 51.2 Å². The van der Waals surface area contributed by atoms with E-state index in [2.05, 4.69) is 34.0 Å². The van der Waals surface area contributed by atoms with Gasteiger partial charge < -0.3 is 14.8 Å². The molecule has 2 amide bonds. The number of hydrogen-bond acceptors (Lipinski definition) is 7. The fourth-order valence-corrected chi connectivity index (χ4v) is 4.08. The van der Waals surface area contributed by atoms with E-state index in [0.29, 0.717) is 23.8 Å². The predicted molar refractivity (Wildman–Crippen MR) is 126 cm³/mol. The first kappa shape index (κ1) is 25.8. The van der Waals surface area contributed by atoms with E-state index in [0.717, 1.165) is 63.3 Å². The lowest BCUT2D eigenvalue weighted by molar-refractivity contribution is -0.129. The summed E-state index contributed by atoms with van der Waals surface area (Å²) in [7, 11) is 0. The van der Waals surface area contributed by atoms with E-state index >= 15 is 0 Å². The minimum Gasteiger partial charge on any atom is -0.351 e. The number of carbonyl (C=O) groups excluding carboxylic acids is 2. The molecule has 0 aliphatic rings. The van der Waals surface area contributed by atoms with Crippen LogP contribution in [0, 0.1) is 5.92 Å². The van der Waals surface area contributed by atoms with E-state index in [-0.39, 0.29) is 11.8 Å². The molecule has 2 rings (SSSR count). The number of hydrogen-bond donors (Lipinski definition) is 3. The van der Waals surface area contributed by atoms with Gasteiger partial charge in [-0.25, -0.2) is 15.4 Å². The normalized spacial score (nSPS) is 11.0. The minimum absolute atomic E-state index is 0.0784. The van der Waals surface area contributed by atoms with Gasteiger partial charge in [-0.1, -0.05) is 38.0 Å². The molecule has 0 aliphatic heterocycles. The Hall–Kier alpha value is -2.46. The van der Waals surface area contributed by atoms with Crippen LogP contribution in [0.1, 0.15) is 68.5 Å². The van der Waals surface area contributed by atoms with Crippen molar-refractivity contribution in [3.63, 3.8) is 0 Å². The number of nitrogens with one attached hydrogen (secondary N) is 2. The summed E-state index contributed by atoms with van der Waals surface area (Å²) in [6.07, 6.45) is 13.1. The second-order valence-electron chi connectivity index (χ2n) is 8.29. The molecule has 0 atom stereocenters. The molecular formula is C22H36N6O3S. The smallest absolute Gasteiger partial charge is 0.263 e. The lowest BCUT2D eigenvalue weighted by Gasteiger charge is -2.22. The molecule has 9 nitrogen and oxygen atoms in total. The van der Waals surface area contributed by atoms with Crippen molar-refractivity contribution in [1.82, 2.24) is 25.3 Å². The number of amides is 2. The van der Waals surface area contributed by atoms with Crippen molar-refractivity contribution in [1.29, 1.82) is 0 Å². The number of anilines is 1. The van der Waals surface area contributed by atoms with Gasteiger partial charge in [0, 0.05) is 45.0 Å². The third-order valence-corrected chi connectivity index (χ3v) is 6.17. The van der Waals surface area contributed by atoms with Crippen LogP contribution < -0.4 is 15.7 Å². The molecule has 2 aromatic heterocycles. The topological polar surface area (TPSA) is 112 Å². The van der Waals surface area contributed by atoms with E-state index < -0.39 is 0 Å². The summed E-state index contributed by atoms with van der Waals surface area (Å²) >= 11 is 1.44. The number of unbranched alkanes of at least 4 members (excludes halogenated alkanes) is 3. The first-order valence-electron chi connectivity index (χ1n) is 11.4. The average molecular weight is 465 g/mol. The van der Waals surface area contributed by atoms with E-state index in [9.17, 15) is 9.59 Å². The zero-order valence-electron chi connectivity index (χ0n) is 19.1. The zero-order chi connectivity index (χ0) is 23.2. The summed E-state index contributed by atoms with van der Waals surface area (Å²) in [4.78, 5) is 35.0. The monoisotopic (exact) mass is 464 g/mol. The third-order valence-electron chi connectivity index (χ3n) is 5.11. The first-order chi connectivity index (χ1) is 15.5. The number of imidazole rings is 1. The van der Waals surface area contributed by atoms with Gasteiger partial charge in [-0.15, -0.1) is 0 Å². The summed E-state index contributed by atoms with van der Waals surface area (Å²) in [5.41, 5.74) is 1.67. The van der Waals surface area contributed by atoms with Crippen molar-refractivity contribution in [2.75, 3.05) is 24.5 Å². The first-order valence-corrected chi connectivity index (χ1v) is 12.2. The van der Waals surface area contributed by atoms with Crippen molar-refractivity contribution in [3.8, 4) is 0 Å². The Bertz CT molecular complexity index is 793. The maximum absolute atomic E-state index is 12.5. The fraction of sp³-hybridized carbons (Fsp3) is 0.636. The van der Waals surface area contributed by atoms with Gasteiger partial charge in [-0.05, 0) is 31.6 Å². The van der Waals surface area contributed by atoms with Crippen molar-refractivity contribution in [2.45, 2.75) is 65.3 Å². The number of carbonyl (C=O) groups is 2. The van der Waals surface area contributed by atoms with Crippen LogP contribution in [0.5, 0.6) is 0 Å². The molecule has 2 aromatic rings. The Morgan fingerprint density at radius 3 is 2.72 bits per heavy atom. The van der Waals surface area contributed by atoms with Crippen molar-refractivity contribution >= 4 is 28.3 Å². The van der Waals surface area contributed by atoms with E-state index in [1.165, 1.54) is 11.3 Å². The maximum atomic E-state index is 12.5. The number of aromatic nitrogens is 3. The van der Waals surface area contributed by atoms with Gasteiger partial charge in [0.1, 0.15) is 4.88 Å². The third kappa shape index (κ3) is 9.78. The number of nitrogens with zero attached hydrogens (tertiary/aromatic N) is 4. The molecule has 0 spiro atoms. The number of thiazole rings is 1. The Kier molecular flexibility index (Phi) is 11.7. The molecule has 0 saturated carbocycles. The highest BCUT2D eigenvalue weighted by Gasteiger charge is 2.15. The Labute approximate surface area is 194 Å². The molecule has 32 heavy (non-hydrogen) atoms. The second kappa shape index (κ2) is 14.6. The Morgan fingerprint density at radius 1 is 1.19 bits per heavy atom. The zero-order valence-corrected chi connectivity index (χ0v) is 19.9. The number of rotatable bonds is 16. The Balaban J connectivity index is 1.78. The standard InChI is InChI=1S/C22H36N6O3S/c1-18(2)9-14-28(13-6-4-3-5-8-20(29)26-31)22-25-16-19(32-22)21(30)24-10-7-12-27-15-11-23-17-27/h11,15-18,31H,3-10,12-14H2,1-2H3,(H,24,30)(H,26,29). The number of aryl methyl sites for hydroxylation is 1. The van der Waals surface area contributed by atoms with Gasteiger partial charge in [0.05, 0.1) is 12.5 Å². The summed E-state index contributed by atoms with van der Waals surface area (Å²) in [6.45, 7) is 7.61. The summed E-state index contributed by atoms with van der Waals surface area (Å²) < 4.78 is 1.99. The van der Waals surface area contributed by atoms with Gasteiger partial charge in [-0.3, -0.25) is 14.8 Å². The van der Waals surface area contributed by atoms with Crippen LogP contribution in [0.3, 0.4) is 0 Å². The molecule has 0 saturated heterocycles. The molecule has 0 bridgehead atoms. The molecule has 0 aliphatic carbocycles. The lowest BCUT2D eigenvalue weighted by Crippen LogP contribution is -2.26. The molecule has 2 heterocycles. The van der Waals surface area contributed by atoms with Crippen molar-refractivity contribution in [3.05, 3.63) is 29.8 Å². The highest BCUT2D eigenvalue weighted by Crippen LogP contribution is 2.24. The van der Waals surface area contributed by atoms with Crippen LogP contribution >= 0.6 is 11.3 Å². The van der Waals surface area contributed by atoms with Crippen LogP contribution in [0.25, 0.3) is 0 Å². The van der Waals surface area contributed by atoms with Crippen LogP contribution in [0.2, 0.25) is 0 Å². The second-order valence-corrected chi connectivity index (χ2v) is 9.29. The van der Waals surface area contributed by atoms with E-state index in [4.69, 9.17) is 5.21 Å². The van der Waals surface area contributed by atoms with Gasteiger partial charge in [0.15, 0.2) is 5.13 Å². The molecule has 10 heteroatoms. The van der Waals surface area contributed by atoms with Gasteiger partial charge in [0.2, 0.25) is 5.91 Å². The quantitative estimate of drug-likeness (QED) is 0.199. The fourth-order valence-electron chi connectivity index (χ4n) is 3.20. The SMILES string of the molecule is CC(C)CCN(CCCCCCC(=O)NO)c1ncc(C(=O)NCCCn2ccnc2)s1. The largest absolute Gasteiger partial charge is 0.351 e. The maximum Gasteiger partial charge on any atom is 0.263 e. The van der Waals surface area contributed by atoms with E-state index in [1.54, 1.807) is 24.2 Å². The van der Waals surface area contributed by atoms with Crippen molar-refractivity contribution < 1.29 is 14.8 Å². The average Bonchev–Trinajstić information content (AvgIpc) is 3.47. The van der Waals surface area contributed by atoms with Crippen LogP contribution in [-0.2, 0) is 11.3 Å². The van der Waals surface area contributed by atoms with Crippen LogP contribution in [0.15, 0.2) is 24.9 Å². The summed E-state index contributed by atoms with van der Waals surface area (Å²) in [6, 6.07) is 0. The summed E-state index contributed by atoms with van der Waals surface area (Å²) in [5, 5.41) is 12.4. The highest BCUT2D eigenvalue weighted by molar-refractivity contribution is 7.17. The molecule has 0 fully saturated rings. The molecule has 178 valence electrons. The lowest BCUT2D eigenvalue weighted by atomic mass is 10.1. The molecule has 0 aromatic carbocycles. The predicted octanol–water partition coefficient (Wildman–Crippen LogP) is 3.47. The number of hydroxylamine groups is 1. The molecular weight excluding hydrogens is 428 g/mol. The van der Waals surface area contributed by atoms with Gasteiger partial charge in [0.25, 0.3) is 5.91 Å². The molecule has 0 unspecified atom stereocenters. The van der Waals surface area contributed by atoms with E-state index in [1.807, 2.05) is 10.8 Å². The molecule has 0 radical (unpaired) electrons. The summed E-state index contributed by atoms with van der Waals surface area (Å²) in [5.74, 6) is 0.178. The van der Waals surface area contributed by atoms with Gasteiger partial charge in [-0.2, -0.15) is 0 Å².